The van der Waals surface area contributed by atoms with Gasteiger partial charge in [0.1, 0.15) is 29.1 Å². The van der Waals surface area contributed by atoms with Gasteiger partial charge in [0.2, 0.25) is 0 Å². The molecule has 542 valence electrons. The van der Waals surface area contributed by atoms with Crippen LogP contribution < -0.4 is 0 Å². The molecule has 14 aromatic carbocycles. The van der Waals surface area contributed by atoms with Crippen LogP contribution in [0.4, 0.5) is 0 Å². The molecule has 0 atom stereocenters. The summed E-state index contributed by atoms with van der Waals surface area (Å²) in [6, 6.07) is 119. The number of benzene rings is 14. The van der Waals surface area contributed by atoms with Crippen molar-refractivity contribution >= 4 is 76.1 Å². The van der Waals surface area contributed by atoms with Gasteiger partial charge in [-0.2, -0.15) is 0 Å². The maximum Gasteiger partial charge on any atom is 0.126 e. The molecule has 0 aliphatic carbocycles. The minimum absolute atomic E-state index is 0. The van der Waals surface area contributed by atoms with Crippen molar-refractivity contribution in [2.45, 2.75) is 71.8 Å². The van der Waals surface area contributed by atoms with E-state index in [0.29, 0.717) is 0 Å². The molecule has 110 heavy (non-hydrogen) atoms. The van der Waals surface area contributed by atoms with Gasteiger partial charge in [0, 0.05) is 54.7 Å². The molecule has 10 nitrogen and oxygen atoms in total. The molecule has 0 fully saturated rings. The molecular formula is C100H92N10. The second-order valence-electron chi connectivity index (χ2n) is 25.5. The van der Waals surface area contributed by atoms with Crippen LogP contribution in [0.25, 0.3) is 155 Å². The van der Waals surface area contributed by atoms with Crippen LogP contribution in [-0.4, -0.2) is 49.8 Å². The van der Waals surface area contributed by atoms with Crippen LogP contribution in [0.15, 0.2) is 346 Å². The van der Waals surface area contributed by atoms with E-state index in [2.05, 4.69) is 264 Å². The molecule has 19 rings (SSSR count). The molecule has 0 N–H and O–H groups in total. The van der Waals surface area contributed by atoms with Gasteiger partial charge in [-0.25, -0.2) is 49.8 Å². The zero-order chi connectivity index (χ0) is 71.4. The molecule has 5 heterocycles. The molecule has 19 aromatic rings. The molecule has 0 unspecified atom stereocenters. The lowest BCUT2D eigenvalue weighted by molar-refractivity contribution is 1.10. The predicted molar refractivity (Wildman–Crippen MR) is 468 cm³/mol. The van der Waals surface area contributed by atoms with Gasteiger partial charge in [0.25, 0.3) is 0 Å². The smallest absolute Gasteiger partial charge is 0.126 e. The first kappa shape index (κ1) is 78.9. The Morgan fingerprint density at radius 1 is 0.155 bits per heavy atom. The summed E-state index contributed by atoms with van der Waals surface area (Å²) in [5.41, 5.74) is 20.5. The van der Waals surface area contributed by atoms with E-state index >= 15 is 0 Å². The number of hydrogen-bond donors (Lipinski definition) is 0. The van der Waals surface area contributed by atoms with Crippen molar-refractivity contribution < 1.29 is 0 Å². The summed E-state index contributed by atoms with van der Waals surface area (Å²) in [5, 5.41) is 10.4. The minimum atomic E-state index is 0. The van der Waals surface area contributed by atoms with E-state index < -0.39 is 0 Å². The molecule has 5 aromatic heterocycles. The highest BCUT2D eigenvalue weighted by atomic mass is 14.9. The van der Waals surface area contributed by atoms with Crippen molar-refractivity contribution in [3.8, 4) is 78.5 Å². The second-order valence-corrected chi connectivity index (χ2v) is 25.5. The molecule has 0 aliphatic rings. The number of hydrogen-bond acceptors (Lipinski definition) is 10. The minimum Gasteiger partial charge on any atom is -0.233 e. The number of nitrogens with zero attached hydrogens (tertiary/aromatic N) is 10. The number of para-hydroxylation sites is 5. The molecule has 10 heteroatoms. The van der Waals surface area contributed by atoms with E-state index in [1.807, 2.05) is 156 Å². The zero-order valence-corrected chi connectivity index (χ0v) is 58.9. The predicted octanol–water partition coefficient (Wildman–Crippen LogP) is 26.8. The standard InChI is InChI=1S/2C21H16N2.2C19H14N2.C15H12N2.5CH4/c1-15-22-20-13-6-5-12-19(20)21(23-15)18-11-7-10-17(14-18)16-8-3-2-4-9-16;1-15-22-20-10-6-5-9-19(20)21(23-15)18-13-11-17(12-14-18)16-7-3-2-4-8-16;1-13-20-18-12-5-4-10-17(18)19(21-13)16-11-6-8-14-7-2-3-9-15(14)16;1-13-20-18-9-5-4-8-17(18)19(21-13)16-11-10-14-6-2-3-7-15(14)12-16;1-11-16-14-10-6-5-9-13(14)15(17-11)12-7-3-2-4-8-12;;;;;/h2*2-14H,1H3;2*2-12H,1H3;2-10H,1H3;5*1H4. The molecule has 0 saturated carbocycles. The van der Waals surface area contributed by atoms with E-state index in [-0.39, 0.29) is 37.1 Å². The highest BCUT2D eigenvalue weighted by Crippen LogP contribution is 2.35. The largest absolute Gasteiger partial charge is 0.233 e. The van der Waals surface area contributed by atoms with Gasteiger partial charge in [-0.05, 0) is 121 Å². The monoisotopic (exact) mass is 1430 g/mol. The van der Waals surface area contributed by atoms with Crippen LogP contribution in [-0.2, 0) is 0 Å². The van der Waals surface area contributed by atoms with Crippen molar-refractivity contribution in [3.05, 3.63) is 375 Å². The van der Waals surface area contributed by atoms with E-state index in [1.54, 1.807) is 0 Å². The Morgan fingerprint density at radius 3 is 0.845 bits per heavy atom. The number of aryl methyl sites for hydroxylation is 5. The SMILES string of the molecule is C.C.C.C.C.Cc1nc(-c2ccc(-c3ccccc3)cc2)c2ccccc2n1.Cc1nc(-c2ccc3ccccc3c2)c2ccccc2n1.Cc1nc(-c2cccc(-c3ccccc3)c2)c2ccccc2n1.Cc1nc(-c2cccc3ccccc23)c2ccccc2n1.Cc1nc(-c2ccccc2)c2ccccc2n1. The molecular weight excluding hydrogens is 1340 g/mol. The lowest BCUT2D eigenvalue weighted by Crippen LogP contribution is -1.94. The van der Waals surface area contributed by atoms with Crippen molar-refractivity contribution in [1.82, 2.24) is 49.8 Å². The van der Waals surface area contributed by atoms with Gasteiger partial charge in [-0.15, -0.1) is 0 Å². The third-order valence-electron chi connectivity index (χ3n) is 18.2. The van der Waals surface area contributed by atoms with Gasteiger partial charge in [0.05, 0.1) is 56.1 Å². The maximum absolute atomic E-state index is 4.71. The van der Waals surface area contributed by atoms with Crippen LogP contribution in [0.3, 0.4) is 0 Å². The van der Waals surface area contributed by atoms with E-state index in [4.69, 9.17) is 9.97 Å². The maximum atomic E-state index is 4.71. The van der Waals surface area contributed by atoms with Crippen LogP contribution in [0.2, 0.25) is 0 Å². The van der Waals surface area contributed by atoms with Gasteiger partial charge in [0.15, 0.2) is 0 Å². The Morgan fingerprint density at radius 2 is 0.409 bits per heavy atom. The molecule has 0 radical (unpaired) electrons. The van der Waals surface area contributed by atoms with E-state index in [1.165, 1.54) is 43.8 Å². The van der Waals surface area contributed by atoms with Crippen molar-refractivity contribution in [3.63, 3.8) is 0 Å². The van der Waals surface area contributed by atoms with Gasteiger partial charge in [-0.1, -0.05) is 340 Å². The normalized spacial score (nSPS) is 10.4. The number of rotatable bonds is 7. The fraction of sp³-hybridized carbons (Fsp3) is 0.100. The number of fused-ring (bicyclic) bond motifs is 7. The van der Waals surface area contributed by atoms with Crippen molar-refractivity contribution in [1.29, 1.82) is 0 Å². The van der Waals surface area contributed by atoms with Crippen molar-refractivity contribution in [2.24, 2.45) is 0 Å². The quantitative estimate of drug-likeness (QED) is 0.152. The molecule has 0 amide bonds. The lowest BCUT2D eigenvalue weighted by Gasteiger charge is -2.10. The Bertz CT molecular complexity index is 6280. The Kier molecular flexibility index (Phi) is 26.2. The third kappa shape index (κ3) is 17.9. The fourth-order valence-electron chi connectivity index (χ4n) is 13.3. The first-order valence-corrected chi connectivity index (χ1v) is 35.1. The summed E-state index contributed by atoms with van der Waals surface area (Å²) in [6.07, 6.45) is 0. The van der Waals surface area contributed by atoms with Crippen LogP contribution in [0.5, 0.6) is 0 Å². The number of aromatic nitrogens is 10. The van der Waals surface area contributed by atoms with E-state index in [9.17, 15) is 0 Å². The van der Waals surface area contributed by atoms with E-state index in [0.717, 1.165) is 140 Å². The van der Waals surface area contributed by atoms with Gasteiger partial charge < -0.3 is 0 Å². The van der Waals surface area contributed by atoms with Crippen molar-refractivity contribution in [2.75, 3.05) is 0 Å². The van der Waals surface area contributed by atoms with Gasteiger partial charge in [-0.3, -0.25) is 0 Å². The Balaban J connectivity index is 0.000000145. The van der Waals surface area contributed by atoms with Crippen LogP contribution >= 0.6 is 0 Å². The topological polar surface area (TPSA) is 129 Å². The van der Waals surface area contributed by atoms with Gasteiger partial charge >= 0.3 is 0 Å². The van der Waals surface area contributed by atoms with Crippen LogP contribution in [0, 0.1) is 34.6 Å². The summed E-state index contributed by atoms with van der Waals surface area (Å²) in [4.78, 5) is 45.8. The lowest BCUT2D eigenvalue weighted by atomic mass is 9.99. The molecule has 0 saturated heterocycles. The Labute approximate surface area is 647 Å². The Hall–Kier alpha value is -13.7. The molecule has 0 spiro atoms. The zero-order valence-electron chi connectivity index (χ0n) is 58.9. The summed E-state index contributed by atoms with van der Waals surface area (Å²) in [6.45, 7) is 9.70. The first-order valence-electron chi connectivity index (χ1n) is 35.1. The first-order chi connectivity index (χ1) is 51.6. The highest BCUT2D eigenvalue weighted by molar-refractivity contribution is 6.03. The average molecular weight is 1430 g/mol. The molecule has 0 aliphatic heterocycles. The average Bonchev–Trinajstić information content (AvgIpc) is 0.767. The fourth-order valence-corrected chi connectivity index (χ4v) is 13.3. The second kappa shape index (κ2) is 36.5. The third-order valence-corrected chi connectivity index (χ3v) is 18.2. The van der Waals surface area contributed by atoms with Crippen LogP contribution in [0.1, 0.15) is 66.3 Å². The summed E-state index contributed by atoms with van der Waals surface area (Å²) >= 11 is 0. The highest BCUT2D eigenvalue weighted by Gasteiger charge is 2.15. The summed E-state index contributed by atoms with van der Waals surface area (Å²) < 4.78 is 0. The summed E-state index contributed by atoms with van der Waals surface area (Å²) in [7, 11) is 0. The summed E-state index contributed by atoms with van der Waals surface area (Å²) in [5.74, 6) is 4.01. The molecule has 0 bridgehead atoms.